The summed E-state index contributed by atoms with van der Waals surface area (Å²) in [6, 6.07) is 8.30. The summed E-state index contributed by atoms with van der Waals surface area (Å²) in [5.74, 6) is 0.978. The molecule has 0 amide bonds. The minimum atomic E-state index is -0.821. The average Bonchev–Trinajstić information content (AvgIpc) is 2.36. The molecule has 4 heteroatoms. The van der Waals surface area contributed by atoms with Crippen LogP contribution in [0.25, 0.3) is 0 Å². The number of hydrogen-bond acceptors (Lipinski definition) is 3. The van der Waals surface area contributed by atoms with Crippen molar-refractivity contribution in [3.8, 4) is 0 Å². The normalized spacial score (nSPS) is 14.2. The van der Waals surface area contributed by atoms with Crippen LogP contribution in [0.1, 0.15) is 24.5 Å². The van der Waals surface area contributed by atoms with Gasteiger partial charge in [0.2, 0.25) is 0 Å². The summed E-state index contributed by atoms with van der Waals surface area (Å²) in [6.07, 6.45) is 0.620. The van der Waals surface area contributed by atoms with E-state index in [0.29, 0.717) is 6.42 Å². The summed E-state index contributed by atoms with van der Waals surface area (Å²) in [5.41, 5.74) is 1.79. The molecule has 2 N–H and O–H groups in total. The van der Waals surface area contributed by atoms with E-state index in [1.807, 2.05) is 12.1 Å². The van der Waals surface area contributed by atoms with Gasteiger partial charge in [-0.05, 0) is 44.2 Å². The first kappa shape index (κ1) is 15.1. The lowest BCUT2D eigenvalue weighted by atomic mass is 10.00. The van der Waals surface area contributed by atoms with Crippen molar-refractivity contribution >= 4 is 17.7 Å². The topological polar surface area (TPSA) is 49.3 Å². The van der Waals surface area contributed by atoms with Crippen molar-refractivity contribution in [3.63, 3.8) is 0 Å². The number of thioether (sulfide) groups is 1. The Kier molecular flexibility index (Phi) is 5.69. The van der Waals surface area contributed by atoms with Crippen LogP contribution in [-0.2, 0) is 10.5 Å². The second-order valence-corrected chi connectivity index (χ2v) is 5.72. The Morgan fingerprint density at radius 2 is 2.11 bits per heavy atom. The molecule has 0 saturated carbocycles. The lowest BCUT2D eigenvalue weighted by molar-refractivity contribution is -0.144. The molecule has 0 bridgehead atoms. The number of carboxylic acid groups (broad SMARTS) is 1. The second kappa shape index (κ2) is 6.81. The molecular weight excluding hydrogens is 246 g/mol. The zero-order valence-electron chi connectivity index (χ0n) is 11.2. The molecular formula is C14H21NO2S. The molecule has 0 aliphatic rings. The van der Waals surface area contributed by atoms with Crippen molar-refractivity contribution in [2.75, 3.05) is 12.8 Å². The molecule has 0 heterocycles. The van der Waals surface area contributed by atoms with Crippen molar-refractivity contribution < 1.29 is 9.90 Å². The van der Waals surface area contributed by atoms with Gasteiger partial charge in [0.15, 0.2) is 0 Å². The first-order valence-corrected chi connectivity index (χ1v) is 7.19. The number of likely N-dealkylation sites (N-methyl/N-ethyl adjacent to an activating group) is 1. The van der Waals surface area contributed by atoms with E-state index in [2.05, 4.69) is 24.4 Å². The van der Waals surface area contributed by atoms with Crippen LogP contribution in [0, 0.1) is 6.92 Å². The van der Waals surface area contributed by atoms with Crippen LogP contribution in [-0.4, -0.2) is 29.4 Å². The minimum absolute atomic E-state index is 0.620. The van der Waals surface area contributed by atoms with Crippen molar-refractivity contribution in [2.45, 2.75) is 31.6 Å². The van der Waals surface area contributed by atoms with Crippen molar-refractivity contribution in [1.82, 2.24) is 5.32 Å². The SMILES string of the molecule is CNC(C)(CCSCc1ccccc1C)C(=O)O. The van der Waals surface area contributed by atoms with E-state index in [0.717, 1.165) is 11.5 Å². The van der Waals surface area contributed by atoms with Gasteiger partial charge in [-0.2, -0.15) is 11.8 Å². The van der Waals surface area contributed by atoms with Gasteiger partial charge in [0.1, 0.15) is 5.54 Å². The number of hydrogen-bond donors (Lipinski definition) is 2. The Balaban J connectivity index is 2.39. The Bertz CT molecular complexity index is 409. The smallest absolute Gasteiger partial charge is 0.323 e. The minimum Gasteiger partial charge on any atom is -0.480 e. The van der Waals surface area contributed by atoms with E-state index in [1.165, 1.54) is 11.1 Å². The van der Waals surface area contributed by atoms with Gasteiger partial charge in [0.25, 0.3) is 0 Å². The number of benzene rings is 1. The molecule has 1 rings (SSSR count). The lowest BCUT2D eigenvalue weighted by Crippen LogP contribution is -2.47. The molecule has 0 aliphatic carbocycles. The number of aliphatic carboxylic acids is 1. The number of rotatable bonds is 7. The summed E-state index contributed by atoms with van der Waals surface area (Å²) in [6.45, 7) is 3.83. The second-order valence-electron chi connectivity index (χ2n) is 4.62. The van der Waals surface area contributed by atoms with Crippen LogP contribution >= 0.6 is 11.8 Å². The van der Waals surface area contributed by atoms with Gasteiger partial charge in [0, 0.05) is 5.75 Å². The summed E-state index contributed by atoms with van der Waals surface area (Å²) in [4.78, 5) is 11.1. The van der Waals surface area contributed by atoms with E-state index < -0.39 is 11.5 Å². The van der Waals surface area contributed by atoms with Gasteiger partial charge >= 0.3 is 5.97 Å². The van der Waals surface area contributed by atoms with Crippen molar-refractivity contribution in [2.24, 2.45) is 0 Å². The lowest BCUT2D eigenvalue weighted by Gasteiger charge is -2.23. The van der Waals surface area contributed by atoms with Gasteiger partial charge in [-0.15, -0.1) is 0 Å². The van der Waals surface area contributed by atoms with E-state index >= 15 is 0 Å². The predicted octanol–water partition coefficient (Wildman–Crippen LogP) is 2.68. The van der Waals surface area contributed by atoms with Crippen molar-refractivity contribution in [1.29, 1.82) is 0 Å². The summed E-state index contributed by atoms with van der Waals surface area (Å²) in [5, 5.41) is 12.0. The molecule has 0 spiro atoms. The van der Waals surface area contributed by atoms with Gasteiger partial charge in [-0.3, -0.25) is 4.79 Å². The quantitative estimate of drug-likeness (QED) is 0.746. The fraction of sp³-hybridized carbons (Fsp3) is 0.500. The summed E-state index contributed by atoms with van der Waals surface area (Å²) >= 11 is 1.78. The van der Waals surface area contributed by atoms with Crippen molar-refractivity contribution in [3.05, 3.63) is 35.4 Å². The molecule has 1 aromatic rings. The highest BCUT2D eigenvalue weighted by Gasteiger charge is 2.30. The molecule has 0 fully saturated rings. The molecule has 0 aliphatic heterocycles. The highest BCUT2D eigenvalue weighted by Crippen LogP contribution is 2.19. The third-order valence-corrected chi connectivity index (χ3v) is 4.30. The molecule has 0 radical (unpaired) electrons. The third-order valence-electron chi connectivity index (χ3n) is 3.29. The maximum atomic E-state index is 11.1. The maximum absolute atomic E-state index is 11.1. The fourth-order valence-electron chi connectivity index (χ4n) is 1.57. The first-order chi connectivity index (χ1) is 8.49. The average molecular weight is 267 g/mol. The maximum Gasteiger partial charge on any atom is 0.323 e. The van der Waals surface area contributed by atoms with Gasteiger partial charge in [-0.1, -0.05) is 24.3 Å². The van der Waals surface area contributed by atoms with Gasteiger partial charge in [0.05, 0.1) is 0 Å². The molecule has 0 aromatic heterocycles. The van der Waals surface area contributed by atoms with E-state index in [4.69, 9.17) is 5.11 Å². The number of carbonyl (C=O) groups is 1. The van der Waals surface area contributed by atoms with Crippen LogP contribution < -0.4 is 5.32 Å². The number of carboxylic acids is 1. The monoisotopic (exact) mass is 267 g/mol. The molecule has 1 aromatic carbocycles. The van der Waals surface area contributed by atoms with Crippen LogP contribution in [0.4, 0.5) is 0 Å². The van der Waals surface area contributed by atoms with E-state index in [-0.39, 0.29) is 0 Å². The Hall–Kier alpha value is -1.00. The molecule has 0 saturated heterocycles. The standard InChI is InChI=1S/C14H21NO2S/c1-11-6-4-5-7-12(11)10-18-9-8-14(2,15-3)13(16)17/h4-7,15H,8-10H2,1-3H3,(H,16,17). The zero-order valence-corrected chi connectivity index (χ0v) is 12.0. The largest absolute Gasteiger partial charge is 0.480 e. The molecule has 1 unspecified atom stereocenters. The number of aryl methyl sites for hydroxylation is 1. The summed E-state index contributed by atoms with van der Waals surface area (Å²) in [7, 11) is 1.69. The van der Waals surface area contributed by atoms with Crippen LogP contribution in [0.15, 0.2) is 24.3 Å². The summed E-state index contributed by atoms with van der Waals surface area (Å²) < 4.78 is 0. The Morgan fingerprint density at radius 3 is 2.67 bits per heavy atom. The third kappa shape index (κ3) is 4.03. The highest BCUT2D eigenvalue weighted by molar-refractivity contribution is 7.98. The van der Waals surface area contributed by atoms with E-state index in [1.54, 1.807) is 25.7 Å². The Labute approximate surface area is 113 Å². The highest BCUT2D eigenvalue weighted by atomic mass is 32.2. The zero-order chi connectivity index (χ0) is 13.6. The molecule has 3 nitrogen and oxygen atoms in total. The molecule has 1 atom stereocenters. The molecule has 100 valence electrons. The van der Waals surface area contributed by atoms with Gasteiger partial charge in [-0.25, -0.2) is 0 Å². The first-order valence-electron chi connectivity index (χ1n) is 6.04. The predicted molar refractivity (Wildman–Crippen MR) is 77.1 cm³/mol. The van der Waals surface area contributed by atoms with Crippen LogP contribution in [0.5, 0.6) is 0 Å². The van der Waals surface area contributed by atoms with Gasteiger partial charge < -0.3 is 10.4 Å². The van der Waals surface area contributed by atoms with E-state index in [9.17, 15) is 4.79 Å². The molecule has 18 heavy (non-hydrogen) atoms. The number of nitrogens with one attached hydrogen (secondary N) is 1. The fourth-order valence-corrected chi connectivity index (χ4v) is 2.81. The van der Waals surface area contributed by atoms with Crippen LogP contribution in [0.2, 0.25) is 0 Å². The Morgan fingerprint density at radius 1 is 1.44 bits per heavy atom. The van der Waals surface area contributed by atoms with Crippen LogP contribution in [0.3, 0.4) is 0 Å².